The highest BCUT2D eigenvalue weighted by molar-refractivity contribution is 5.86. The van der Waals surface area contributed by atoms with Crippen LogP contribution in [0.3, 0.4) is 0 Å². The molecule has 0 spiro atoms. The summed E-state index contributed by atoms with van der Waals surface area (Å²) in [6.07, 6.45) is 2.43. The molecule has 1 aliphatic carbocycles. The lowest BCUT2D eigenvalue weighted by Gasteiger charge is -2.19. The standard InChI is InChI=1S/C27H29N3O5/c31-25(32)13-5-6-14-29-26(33)24(16-18-8-7-15-28-18)30-27(34)35-17-23-21-11-3-1-9-19(21)20-10-2-4-12-22(20)23/h1-4,7-12,15,23-24,28H,5-6,13-14,16-17H2,(H,29,33)(H,30,34)(H,31,32). The van der Waals surface area contributed by atoms with Gasteiger partial charge in [-0.1, -0.05) is 48.5 Å². The number of aromatic amines is 1. The lowest BCUT2D eigenvalue weighted by Crippen LogP contribution is -2.48. The molecule has 1 atom stereocenters. The normalized spacial score (nSPS) is 12.9. The fraction of sp³-hybridized carbons (Fsp3) is 0.296. The van der Waals surface area contributed by atoms with Crippen molar-refractivity contribution in [2.45, 2.75) is 37.6 Å². The molecule has 0 radical (unpaired) electrons. The number of ether oxygens (including phenoxy) is 1. The Morgan fingerprint density at radius 2 is 1.63 bits per heavy atom. The van der Waals surface area contributed by atoms with Crippen LogP contribution in [0.4, 0.5) is 4.79 Å². The van der Waals surface area contributed by atoms with Gasteiger partial charge in [0.05, 0.1) is 0 Å². The molecule has 4 N–H and O–H groups in total. The first-order chi connectivity index (χ1) is 17.0. The Balaban J connectivity index is 1.36. The van der Waals surface area contributed by atoms with Crippen molar-refractivity contribution < 1.29 is 24.2 Å². The maximum absolute atomic E-state index is 12.8. The first kappa shape index (κ1) is 24.1. The Bertz CT molecular complexity index is 1130. The van der Waals surface area contributed by atoms with Crippen molar-refractivity contribution in [2.24, 2.45) is 0 Å². The van der Waals surface area contributed by atoms with Crippen LogP contribution in [0.5, 0.6) is 0 Å². The van der Waals surface area contributed by atoms with E-state index in [1.807, 2.05) is 48.5 Å². The number of amides is 2. The highest BCUT2D eigenvalue weighted by atomic mass is 16.5. The smallest absolute Gasteiger partial charge is 0.407 e. The molecule has 2 aromatic carbocycles. The zero-order valence-electron chi connectivity index (χ0n) is 19.3. The molecule has 1 aromatic heterocycles. The third kappa shape index (κ3) is 6.09. The van der Waals surface area contributed by atoms with Crippen LogP contribution >= 0.6 is 0 Å². The number of carbonyl (C=O) groups is 3. The number of rotatable bonds is 11. The number of carboxylic acid groups (broad SMARTS) is 1. The van der Waals surface area contributed by atoms with E-state index in [1.165, 1.54) is 0 Å². The summed E-state index contributed by atoms with van der Waals surface area (Å²) in [6.45, 7) is 0.492. The van der Waals surface area contributed by atoms with Crippen molar-refractivity contribution in [1.29, 1.82) is 0 Å². The Morgan fingerprint density at radius 1 is 0.943 bits per heavy atom. The van der Waals surface area contributed by atoms with Gasteiger partial charge < -0.3 is 25.5 Å². The number of aliphatic carboxylic acids is 1. The Hall–Kier alpha value is -4.07. The zero-order valence-corrected chi connectivity index (χ0v) is 19.3. The topological polar surface area (TPSA) is 121 Å². The molecule has 0 saturated carbocycles. The third-order valence-corrected chi connectivity index (χ3v) is 6.16. The summed E-state index contributed by atoms with van der Waals surface area (Å²) in [4.78, 5) is 39.2. The van der Waals surface area contributed by atoms with Crippen molar-refractivity contribution in [3.8, 4) is 11.1 Å². The van der Waals surface area contributed by atoms with Crippen molar-refractivity contribution in [3.63, 3.8) is 0 Å². The monoisotopic (exact) mass is 475 g/mol. The number of aromatic nitrogens is 1. The highest BCUT2D eigenvalue weighted by Gasteiger charge is 2.30. The first-order valence-electron chi connectivity index (χ1n) is 11.8. The van der Waals surface area contributed by atoms with Crippen LogP contribution in [0.15, 0.2) is 66.9 Å². The fourth-order valence-corrected chi connectivity index (χ4v) is 4.44. The van der Waals surface area contributed by atoms with Crippen LogP contribution in [0.2, 0.25) is 0 Å². The van der Waals surface area contributed by atoms with Gasteiger partial charge in [0.15, 0.2) is 0 Å². The van der Waals surface area contributed by atoms with Crippen molar-refractivity contribution in [1.82, 2.24) is 15.6 Å². The summed E-state index contributed by atoms with van der Waals surface area (Å²) in [5, 5.41) is 14.2. The summed E-state index contributed by atoms with van der Waals surface area (Å²) in [6, 6.07) is 19.0. The van der Waals surface area contributed by atoms with Gasteiger partial charge in [-0.25, -0.2) is 4.79 Å². The SMILES string of the molecule is O=C(O)CCCCNC(=O)C(Cc1ccc[nH]1)NC(=O)OCC1c2ccccc2-c2ccccc21. The van der Waals surface area contributed by atoms with Gasteiger partial charge in [0.25, 0.3) is 0 Å². The molecule has 8 nitrogen and oxygen atoms in total. The average Bonchev–Trinajstić information content (AvgIpc) is 3.48. The van der Waals surface area contributed by atoms with Gasteiger partial charge >= 0.3 is 12.1 Å². The number of hydrogen-bond acceptors (Lipinski definition) is 4. The minimum Gasteiger partial charge on any atom is -0.481 e. The fourth-order valence-electron chi connectivity index (χ4n) is 4.44. The second kappa shape index (κ2) is 11.4. The van der Waals surface area contributed by atoms with Gasteiger partial charge in [0, 0.05) is 37.2 Å². The second-order valence-electron chi connectivity index (χ2n) is 8.56. The zero-order chi connectivity index (χ0) is 24.6. The largest absolute Gasteiger partial charge is 0.481 e. The Morgan fingerprint density at radius 3 is 2.26 bits per heavy atom. The van der Waals surface area contributed by atoms with E-state index in [-0.39, 0.29) is 31.3 Å². The van der Waals surface area contributed by atoms with Crippen LogP contribution in [-0.4, -0.2) is 47.3 Å². The van der Waals surface area contributed by atoms with Crippen molar-refractivity contribution in [2.75, 3.05) is 13.2 Å². The van der Waals surface area contributed by atoms with E-state index in [0.717, 1.165) is 27.9 Å². The Kier molecular flexibility index (Phi) is 7.82. The van der Waals surface area contributed by atoms with E-state index in [0.29, 0.717) is 19.4 Å². The molecule has 1 aliphatic rings. The van der Waals surface area contributed by atoms with Crippen LogP contribution < -0.4 is 10.6 Å². The van der Waals surface area contributed by atoms with Crippen molar-refractivity contribution in [3.05, 3.63) is 83.7 Å². The number of carboxylic acids is 1. The summed E-state index contributed by atoms with van der Waals surface area (Å²) in [5.74, 6) is -1.28. The number of fused-ring (bicyclic) bond motifs is 3. The number of hydrogen-bond donors (Lipinski definition) is 4. The van der Waals surface area contributed by atoms with Crippen LogP contribution in [0, 0.1) is 0 Å². The molecule has 182 valence electrons. The first-order valence-corrected chi connectivity index (χ1v) is 11.8. The van der Waals surface area contributed by atoms with E-state index in [1.54, 1.807) is 6.20 Å². The molecule has 0 fully saturated rings. The minimum atomic E-state index is -0.863. The molecule has 1 unspecified atom stereocenters. The number of alkyl carbamates (subject to hydrolysis) is 1. The van der Waals surface area contributed by atoms with Gasteiger partial charge in [0.2, 0.25) is 5.91 Å². The lowest BCUT2D eigenvalue weighted by atomic mass is 9.98. The number of H-pyrrole nitrogens is 1. The minimum absolute atomic E-state index is 0.0553. The number of benzene rings is 2. The molecule has 8 heteroatoms. The molecular formula is C27H29N3O5. The molecule has 35 heavy (non-hydrogen) atoms. The maximum Gasteiger partial charge on any atom is 0.407 e. The average molecular weight is 476 g/mol. The predicted molar refractivity (Wildman–Crippen MR) is 131 cm³/mol. The van der Waals surface area contributed by atoms with Crippen molar-refractivity contribution >= 4 is 18.0 Å². The van der Waals surface area contributed by atoms with Gasteiger partial charge in [-0.15, -0.1) is 0 Å². The number of nitrogens with one attached hydrogen (secondary N) is 3. The maximum atomic E-state index is 12.8. The molecule has 4 rings (SSSR count). The third-order valence-electron chi connectivity index (χ3n) is 6.16. The molecular weight excluding hydrogens is 446 g/mol. The lowest BCUT2D eigenvalue weighted by molar-refractivity contribution is -0.137. The summed E-state index contributed by atoms with van der Waals surface area (Å²) in [5.41, 5.74) is 5.31. The second-order valence-corrected chi connectivity index (χ2v) is 8.56. The van der Waals surface area contributed by atoms with Crippen LogP contribution in [0.25, 0.3) is 11.1 Å². The molecule has 0 aliphatic heterocycles. The number of unbranched alkanes of at least 4 members (excludes halogenated alkanes) is 1. The quantitative estimate of drug-likeness (QED) is 0.314. The summed E-state index contributed by atoms with van der Waals surface area (Å²) >= 11 is 0. The number of carbonyl (C=O) groups excluding carboxylic acids is 2. The van der Waals surface area contributed by atoms with Gasteiger partial charge in [0.1, 0.15) is 12.6 Å². The van der Waals surface area contributed by atoms with Crippen LogP contribution in [-0.2, 0) is 20.7 Å². The van der Waals surface area contributed by atoms with Gasteiger partial charge in [-0.05, 0) is 47.2 Å². The molecule has 3 aromatic rings. The van der Waals surface area contributed by atoms with E-state index >= 15 is 0 Å². The van der Waals surface area contributed by atoms with Crippen LogP contribution in [0.1, 0.15) is 42.0 Å². The van der Waals surface area contributed by atoms with Gasteiger partial charge in [-0.2, -0.15) is 0 Å². The summed E-state index contributed by atoms with van der Waals surface area (Å²) < 4.78 is 5.60. The summed E-state index contributed by atoms with van der Waals surface area (Å²) in [7, 11) is 0. The van der Waals surface area contributed by atoms with E-state index < -0.39 is 18.1 Å². The molecule has 0 bridgehead atoms. The Labute approximate surface area is 203 Å². The van der Waals surface area contributed by atoms with E-state index in [4.69, 9.17) is 9.84 Å². The molecule has 2 amide bonds. The van der Waals surface area contributed by atoms with E-state index in [2.05, 4.69) is 27.8 Å². The predicted octanol–water partition coefficient (Wildman–Crippen LogP) is 3.84. The molecule has 0 saturated heterocycles. The molecule has 1 heterocycles. The van der Waals surface area contributed by atoms with Gasteiger partial charge in [-0.3, -0.25) is 9.59 Å². The van der Waals surface area contributed by atoms with E-state index in [9.17, 15) is 14.4 Å². The highest BCUT2D eigenvalue weighted by Crippen LogP contribution is 2.44.